The van der Waals surface area contributed by atoms with Gasteiger partial charge in [-0.15, -0.1) is 0 Å². The molecule has 0 heterocycles. The Kier molecular flexibility index (Phi) is 6.69. The van der Waals surface area contributed by atoms with Crippen molar-refractivity contribution in [2.75, 3.05) is 0 Å². The Morgan fingerprint density at radius 2 is 1.70 bits per heavy atom. The van der Waals surface area contributed by atoms with Crippen molar-refractivity contribution in [3.8, 4) is 5.75 Å². The molecule has 146 valence electrons. The molecule has 0 aliphatic heterocycles. The second-order valence-corrected chi connectivity index (χ2v) is 8.38. The highest BCUT2D eigenvalue weighted by molar-refractivity contribution is 5.81. The van der Waals surface area contributed by atoms with Gasteiger partial charge in [-0.1, -0.05) is 63.6 Å². The average molecular weight is 368 g/mol. The van der Waals surface area contributed by atoms with Gasteiger partial charge in [0.15, 0.2) is 6.10 Å². The molecule has 0 aliphatic rings. The second-order valence-electron chi connectivity index (χ2n) is 8.38. The van der Waals surface area contributed by atoms with Crippen LogP contribution in [0.15, 0.2) is 42.5 Å². The van der Waals surface area contributed by atoms with Crippen LogP contribution in [0.25, 0.3) is 0 Å². The molecule has 2 atom stereocenters. The first-order valence-electron chi connectivity index (χ1n) is 9.76. The van der Waals surface area contributed by atoms with Crippen LogP contribution in [0.5, 0.6) is 5.75 Å². The molecule has 0 unspecified atom stereocenters. The number of benzene rings is 2. The first-order valence-corrected chi connectivity index (χ1v) is 9.76. The third-order valence-electron chi connectivity index (χ3n) is 4.92. The Morgan fingerprint density at radius 1 is 1.07 bits per heavy atom. The lowest BCUT2D eigenvalue weighted by Gasteiger charge is -2.23. The van der Waals surface area contributed by atoms with Crippen molar-refractivity contribution in [3.63, 3.8) is 0 Å². The van der Waals surface area contributed by atoms with E-state index < -0.39 is 6.10 Å². The van der Waals surface area contributed by atoms with E-state index >= 15 is 0 Å². The van der Waals surface area contributed by atoms with E-state index in [9.17, 15) is 4.79 Å². The summed E-state index contributed by atoms with van der Waals surface area (Å²) < 4.78 is 5.97. The molecular weight excluding hydrogens is 334 g/mol. The molecule has 2 aromatic rings. The third kappa shape index (κ3) is 5.59. The van der Waals surface area contributed by atoms with E-state index in [1.807, 2.05) is 26.0 Å². The van der Waals surface area contributed by atoms with Crippen molar-refractivity contribution in [3.05, 3.63) is 64.7 Å². The molecule has 0 fully saturated rings. The summed E-state index contributed by atoms with van der Waals surface area (Å²) >= 11 is 0. The Balaban J connectivity index is 2.06. The highest BCUT2D eigenvalue weighted by Crippen LogP contribution is 2.25. The molecule has 0 aromatic heterocycles. The van der Waals surface area contributed by atoms with Gasteiger partial charge in [0.1, 0.15) is 5.75 Å². The number of amides is 1. The normalized spacial score (nSPS) is 13.7. The molecule has 0 radical (unpaired) electrons. The first-order chi connectivity index (χ1) is 12.6. The highest BCUT2D eigenvalue weighted by atomic mass is 16.5. The van der Waals surface area contributed by atoms with Gasteiger partial charge >= 0.3 is 0 Å². The van der Waals surface area contributed by atoms with Crippen LogP contribution in [0.4, 0.5) is 0 Å². The number of nitrogens with one attached hydrogen (secondary N) is 1. The standard InChI is InChI=1S/C24H33NO2/c1-8-22(27-20-13-11-19(12-14-20)24(5,6)7)23(26)25-18(4)21-15-16(2)9-10-17(21)3/h9-15,18,22H,8H2,1-7H3,(H,25,26)/t18-,22-/m0/s1. The van der Waals surface area contributed by atoms with Gasteiger partial charge in [0.2, 0.25) is 0 Å². The molecule has 27 heavy (non-hydrogen) atoms. The summed E-state index contributed by atoms with van der Waals surface area (Å²) in [6.45, 7) is 14.7. The SMILES string of the molecule is CC[C@H](Oc1ccc(C(C)(C)C)cc1)C(=O)N[C@@H](C)c1cc(C)ccc1C. The molecule has 3 nitrogen and oxygen atoms in total. The number of hydrogen-bond donors (Lipinski definition) is 1. The quantitative estimate of drug-likeness (QED) is 0.718. The largest absolute Gasteiger partial charge is 0.481 e. The molecule has 3 heteroatoms. The summed E-state index contributed by atoms with van der Waals surface area (Å²) in [6, 6.07) is 14.3. The van der Waals surface area contributed by atoms with Crippen LogP contribution in [0.2, 0.25) is 0 Å². The van der Waals surface area contributed by atoms with Gasteiger partial charge in [-0.2, -0.15) is 0 Å². The van der Waals surface area contributed by atoms with Crippen LogP contribution in [0, 0.1) is 13.8 Å². The molecule has 0 spiro atoms. The lowest BCUT2D eigenvalue weighted by atomic mass is 9.87. The van der Waals surface area contributed by atoms with Crippen LogP contribution in [0.3, 0.4) is 0 Å². The lowest BCUT2D eigenvalue weighted by Crippen LogP contribution is -2.39. The number of carbonyl (C=O) groups is 1. The predicted octanol–water partition coefficient (Wildman–Crippen LogP) is 5.64. The van der Waals surface area contributed by atoms with Gasteiger partial charge in [0, 0.05) is 0 Å². The summed E-state index contributed by atoms with van der Waals surface area (Å²) in [7, 11) is 0. The maximum absolute atomic E-state index is 12.7. The maximum Gasteiger partial charge on any atom is 0.261 e. The van der Waals surface area contributed by atoms with Gasteiger partial charge in [-0.05, 0) is 61.4 Å². The summed E-state index contributed by atoms with van der Waals surface area (Å²) in [5, 5.41) is 3.11. The summed E-state index contributed by atoms with van der Waals surface area (Å²) in [6.07, 6.45) is 0.116. The maximum atomic E-state index is 12.7. The van der Waals surface area contributed by atoms with E-state index in [2.05, 4.69) is 70.3 Å². The third-order valence-corrected chi connectivity index (χ3v) is 4.92. The molecule has 2 rings (SSSR count). The highest BCUT2D eigenvalue weighted by Gasteiger charge is 2.22. The Hall–Kier alpha value is -2.29. The predicted molar refractivity (Wildman–Crippen MR) is 112 cm³/mol. The van der Waals surface area contributed by atoms with Gasteiger partial charge in [0.05, 0.1) is 6.04 Å². The van der Waals surface area contributed by atoms with Crippen molar-refractivity contribution in [2.45, 2.75) is 72.4 Å². The molecule has 1 amide bonds. The Labute approximate surface area is 164 Å². The lowest BCUT2D eigenvalue weighted by molar-refractivity contribution is -0.128. The molecule has 0 saturated heterocycles. The van der Waals surface area contributed by atoms with Crippen molar-refractivity contribution in [1.82, 2.24) is 5.32 Å². The number of ether oxygens (including phenoxy) is 1. The van der Waals surface area contributed by atoms with E-state index in [1.54, 1.807) is 0 Å². The summed E-state index contributed by atoms with van der Waals surface area (Å²) in [5.41, 5.74) is 4.86. The van der Waals surface area contributed by atoms with E-state index in [0.29, 0.717) is 6.42 Å². The van der Waals surface area contributed by atoms with Crippen molar-refractivity contribution < 1.29 is 9.53 Å². The molecule has 0 saturated carbocycles. The number of carbonyl (C=O) groups excluding carboxylic acids is 1. The van der Waals surface area contributed by atoms with E-state index in [-0.39, 0.29) is 17.4 Å². The molecule has 0 aliphatic carbocycles. The van der Waals surface area contributed by atoms with Gasteiger partial charge in [-0.3, -0.25) is 4.79 Å². The minimum absolute atomic E-state index is 0.0571. The topological polar surface area (TPSA) is 38.3 Å². The summed E-state index contributed by atoms with van der Waals surface area (Å²) in [4.78, 5) is 12.7. The molecule has 2 aromatic carbocycles. The van der Waals surface area contributed by atoms with Crippen molar-refractivity contribution in [2.24, 2.45) is 0 Å². The average Bonchev–Trinajstić information content (AvgIpc) is 2.61. The second kappa shape index (κ2) is 8.60. The van der Waals surface area contributed by atoms with Crippen LogP contribution >= 0.6 is 0 Å². The van der Waals surface area contributed by atoms with Gasteiger partial charge in [-0.25, -0.2) is 0 Å². The van der Waals surface area contributed by atoms with Crippen LogP contribution in [0.1, 0.15) is 69.3 Å². The van der Waals surface area contributed by atoms with E-state index in [4.69, 9.17) is 4.74 Å². The van der Waals surface area contributed by atoms with Crippen molar-refractivity contribution >= 4 is 5.91 Å². The number of hydrogen-bond acceptors (Lipinski definition) is 2. The van der Waals surface area contributed by atoms with Crippen LogP contribution < -0.4 is 10.1 Å². The monoisotopic (exact) mass is 367 g/mol. The fourth-order valence-corrected chi connectivity index (χ4v) is 3.13. The fourth-order valence-electron chi connectivity index (χ4n) is 3.13. The van der Waals surface area contributed by atoms with Crippen LogP contribution in [-0.4, -0.2) is 12.0 Å². The zero-order valence-corrected chi connectivity index (χ0v) is 17.7. The van der Waals surface area contributed by atoms with Gasteiger partial charge in [0.25, 0.3) is 5.91 Å². The Bertz CT molecular complexity index is 772. The molecular formula is C24H33NO2. The number of aryl methyl sites for hydroxylation is 2. The van der Waals surface area contributed by atoms with Gasteiger partial charge < -0.3 is 10.1 Å². The zero-order chi connectivity index (χ0) is 20.2. The number of rotatable bonds is 6. The van der Waals surface area contributed by atoms with Crippen LogP contribution in [-0.2, 0) is 10.2 Å². The van der Waals surface area contributed by atoms with Crippen molar-refractivity contribution in [1.29, 1.82) is 0 Å². The summed E-state index contributed by atoms with van der Waals surface area (Å²) in [5.74, 6) is 0.648. The molecule has 1 N–H and O–H groups in total. The fraction of sp³-hybridized carbons (Fsp3) is 0.458. The van der Waals surface area contributed by atoms with E-state index in [1.165, 1.54) is 16.7 Å². The zero-order valence-electron chi connectivity index (χ0n) is 17.7. The smallest absolute Gasteiger partial charge is 0.261 e. The Morgan fingerprint density at radius 3 is 2.26 bits per heavy atom. The minimum Gasteiger partial charge on any atom is -0.481 e. The van der Waals surface area contributed by atoms with E-state index in [0.717, 1.165) is 11.3 Å². The minimum atomic E-state index is -0.502. The first kappa shape index (κ1) is 21.0. The molecule has 0 bridgehead atoms.